The predicted octanol–water partition coefficient (Wildman–Crippen LogP) is 1.14. The van der Waals surface area contributed by atoms with Crippen LogP contribution < -0.4 is 15.4 Å². The van der Waals surface area contributed by atoms with Crippen LogP contribution in [0, 0.1) is 0 Å². The van der Waals surface area contributed by atoms with Crippen LogP contribution in [-0.2, 0) is 0 Å². The first kappa shape index (κ1) is 10.8. The Kier molecular flexibility index (Phi) is 2.84. The molecule has 0 aromatic carbocycles. The number of hydrogen-bond donors (Lipinski definition) is 2. The zero-order chi connectivity index (χ0) is 11.7. The molecule has 2 aliphatic rings. The lowest BCUT2D eigenvalue weighted by Gasteiger charge is -2.13. The van der Waals surface area contributed by atoms with Gasteiger partial charge >= 0.3 is 0 Å². The number of rotatable bonds is 4. The second kappa shape index (κ2) is 4.49. The van der Waals surface area contributed by atoms with E-state index in [1.807, 2.05) is 6.20 Å². The zero-order valence-corrected chi connectivity index (χ0v) is 10.1. The van der Waals surface area contributed by atoms with Crippen LogP contribution >= 0.6 is 0 Å². The number of nitrogens with zero attached hydrogens (tertiary/aromatic N) is 2. The first-order chi connectivity index (χ1) is 8.36. The van der Waals surface area contributed by atoms with Crippen molar-refractivity contribution in [3.8, 4) is 5.88 Å². The molecule has 0 radical (unpaired) electrons. The van der Waals surface area contributed by atoms with Crippen LogP contribution in [0.25, 0.3) is 0 Å². The molecule has 92 valence electrons. The standard InChI is InChI=1S/C12H18N4O/c1-17-11-10(8-2-3-8)7-14-12(16-11)15-9-4-5-13-6-9/h7-9,13H,2-6H2,1H3,(H,14,15,16). The highest BCUT2D eigenvalue weighted by atomic mass is 16.5. The minimum absolute atomic E-state index is 0.437. The molecule has 2 heterocycles. The van der Waals surface area contributed by atoms with Crippen molar-refractivity contribution in [2.24, 2.45) is 0 Å². The average Bonchev–Trinajstić information content (AvgIpc) is 3.08. The predicted molar refractivity (Wildman–Crippen MR) is 65.5 cm³/mol. The second-order valence-corrected chi connectivity index (χ2v) is 4.77. The van der Waals surface area contributed by atoms with Crippen LogP contribution in [-0.4, -0.2) is 36.2 Å². The molecule has 0 bridgehead atoms. The van der Waals surface area contributed by atoms with E-state index < -0.39 is 0 Å². The van der Waals surface area contributed by atoms with Crippen molar-refractivity contribution >= 4 is 5.95 Å². The van der Waals surface area contributed by atoms with E-state index in [1.54, 1.807) is 7.11 Å². The Morgan fingerprint density at radius 3 is 2.94 bits per heavy atom. The van der Waals surface area contributed by atoms with Gasteiger partial charge in [0.2, 0.25) is 11.8 Å². The maximum Gasteiger partial charge on any atom is 0.226 e. The summed E-state index contributed by atoms with van der Waals surface area (Å²) in [4.78, 5) is 8.83. The molecule has 3 rings (SSSR count). The van der Waals surface area contributed by atoms with Crippen molar-refractivity contribution in [2.75, 3.05) is 25.5 Å². The van der Waals surface area contributed by atoms with Crippen molar-refractivity contribution in [1.82, 2.24) is 15.3 Å². The summed E-state index contributed by atoms with van der Waals surface area (Å²) >= 11 is 0. The van der Waals surface area contributed by atoms with Gasteiger partial charge in [0, 0.05) is 24.3 Å². The van der Waals surface area contributed by atoms with E-state index in [0.717, 1.165) is 31.0 Å². The smallest absolute Gasteiger partial charge is 0.226 e. The average molecular weight is 234 g/mol. The molecule has 2 N–H and O–H groups in total. The highest BCUT2D eigenvalue weighted by Crippen LogP contribution is 2.43. The Bertz CT molecular complexity index is 399. The summed E-state index contributed by atoms with van der Waals surface area (Å²) in [5, 5.41) is 6.65. The normalized spacial score (nSPS) is 23.7. The summed E-state index contributed by atoms with van der Waals surface area (Å²) in [6.07, 6.45) is 5.50. The van der Waals surface area contributed by atoms with Gasteiger partial charge < -0.3 is 15.4 Å². The van der Waals surface area contributed by atoms with Crippen molar-refractivity contribution in [2.45, 2.75) is 31.2 Å². The summed E-state index contributed by atoms with van der Waals surface area (Å²) in [6, 6.07) is 0.437. The van der Waals surface area contributed by atoms with E-state index >= 15 is 0 Å². The Labute approximate surface area is 101 Å². The van der Waals surface area contributed by atoms with Crippen molar-refractivity contribution in [1.29, 1.82) is 0 Å². The topological polar surface area (TPSA) is 59.1 Å². The van der Waals surface area contributed by atoms with Gasteiger partial charge in [-0.1, -0.05) is 0 Å². The number of aromatic nitrogens is 2. The molecular weight excluding hydrogens is 216 g/mol. The highest BCUT2D eigenvalue weighted by molar-refractivity contribution is 5.38. The molecule has 1 atom stereocenters. The Morgan fingerprint density at radius 2 is 2.29 bits per heavy atom. The molecule has 17 heavy (non-hydrogen) atoms. The summed E-state index contributed by atoms with van der Waals surface area (Å²) in [6.45, 7) is 2.05. The summed E-state index contributed by atoms with van der Waals surface area (Å²) in [5.74, 6) is 2.03. The number of nitrogens with one attached hydrogen (secondary N) is 2. The van der Waals surface area contributed by atoms with Crippen LogP contribution in [0.5, 0.6) is 5.88 Å². The third-order valence-corrected chi connectivity index (χ3v) is 3.38. The lowest BCUT2D eigenvalue weighted by Crippen LogP contribution is -2.23. The van der Waals surface area contributed by atoms with E-state index in [2.05, 4.69) is 20.6 Å². The number of anilines is 1. The van der Waals surface area contributed by atoms with Crippen LogP contribution in [0.15, 0.2) is 6.20 Å². The summed E-state index contributed by atoms with van der Waals surface area (Å²) in [5.41, 5.74) is 1.16. The van der Waals surface area contributed by atoms with Crippen LogP contribution in [0.3, 0.4) is 0 Å². The third-order valence-electron chi connectivity index (χ3n) is 3.38. The molecule has 1 saturated heterocycles. The van der Waals surface area contributed by atoms with Gasteiger partial charge in [-0.15, -0.1) is 0 Å². The molecule has 5 heteroatoms. The maximum absolute atomic E-state index is 5.35. The maximum atomic E-state index is 5.35. The third kappa shape index (κ3) is 2.34. The van der Waals surface area contributed by atoms with E-state index in [9.17, 15) is 0 Å². The van der Waals surface area contributed by atoms with E-state index in [4.69, 9.17) is 4.74 Å². The fourth-order valence-electron chi connectivity index (χ4n) is 2.24. The second-order valence-electron chi connectivity index (χ2n) is 4.77. The van der Waals surface area contributed by atoms with E-state index in [-0.39, 0.29) is 0 Å². The molecule has 0 spiro atoms. The molecule has 1 unspecified atom stereocenters. The van der Waals surface area contributed by atoms with Gasteiger partial charge in [-0.3, -0.25) is 0 Å². The molecular formula is C12H18N4O. The Morgan fingerprint density at radius 1 is 1.41 bits per heavy atom. The first-order valence-electron chi connectivity index (χ1n) is 6.25. The molecule has 1 aromatic heterocycles. The van der Waals surface area contributed by atoms with Gasteiger partial charge in [-0.05, 0) is 31.7 Å². The fraction of sp³-hybridized carbons (Fsp3) is 0.667. The largest absolute Gasteiger partial charge is 0.481 e. The molecule has 2 fully saturated rings. The SMILES string of the molecule is COc1nc(NC2CCNC2)ncc1C1CC1. The lowest BCUT2D eigenvalue weighted by atomic mass is 10.2. The lowest BCUT2D eigenvalue weighted by molar-refractivity contribution is 0.392. The highest BCUT2D eigenvalue weighted by Gasteiger charge is 2.28. The minimum atomic E-state index is 0.437. The molecule has 5 nitrogen and oxygen atoms in total. The Balaban J connectivity index is 1.75. The van der Waals surface area contributed by atoms with Crippen molar-refractivity contribution < 1.29 is 4.74 Å². The van der Waals surface area contributed by atoms with Gasteiger partial charge in [0.05, 0.1) is 7.11 Å². The minimum Gasteiger partial charge on any atom is -0.481 e. The zero-order valence-electron chi connectivity index (χ0n) is 10.1. The van der Waals surface area contributed by atoms with Crippen LogP contribution in [0.4, 0.5) is 5.95 Å². The fourth-order valence-corrected chi connectivity index (χ4v) is 2.24. The van der Waals surface area contributed by atoms with Gasteiger partial charge in [0.1, 0.15) is 0 Å². The number of methoxy groups -OCH3 is 1. The number of hydrogen-bond acceptors (Lipinski definition) is 5. The summed E-state index contributed by atoms with van der Waals surface area (Å²) in [7, 11) is 1.68. The van der Waals surface area contributed by atoms with Crippen LogP contribution in [0.1, 0.15) is 30.7 Å². The van der Waals surface area contributed by atoms with Gasteiger partial charge in [-0.2, -0.15) is 4.98 Å². The molecule has 1 saturated carbocycles. The van der Waals surface area contributed by atoms with Gasteiger partial charge in [0.15, 0.2) is 0 Å². The van der Waals surface area contributed by atoms with Crippen molar-refractivity contribution in [3.05, 3.63) is 11.8 Å². The van der Waals surface area contributed by atoms with Gasteiger partial charge in [0.25, 0.3) is 0 Å². The molecule has 1 aliphatic carbocycles. The summed E-state index contributed by atoms with van der Waals surface area (Å²) < 4.78 is 5.35. The monoisotopic (exact) mass is 234 g/mol. The van der Waals surface area contributed by atoms with E-state index in [0.29, 0.717) is 17.9 Å². The molecule has 0 amide bonds. The first-order valence-corrected chi connectivity index (χ1v) is 6.25. The van der Waals surface area contributed by atoms with Gasteiger partial charge in [-0.25, -0.2) is 4.98 Å². The van der Waals surface area contributed by atoms with E-state index in [1.165, 1.54) is 12.8 Å². The quantitative estimate of drug-likeness (QED) is 0.818. The molecule has 1 aliphatic heterocycles. The molecule has 1 aromatic rings. The number of ether oxygens (including phenoxy) is 1. The Hall–Kier alpha value is -1.36. The van der Waals surface area contributed by atoms with Crippen LogP contribution in [0.2, 0.25) is 0 Å². The van der Waals surface area contributed by atoms with Crippen molar-refractivity contribution in [3.63, 3.8) is 0 Å².